The molecule has 0 amide bonds. The van der Waals surface area contributed by atoms with Gasteiger partial charge in [-0.3, -0.25) is 14.9 Å². The minimum Gasteiger partial charge on any atom is -0.449 e. The van der Waals surface area contributed by atoms with Gasteiger partial charge in [-0.2, -0.15) is 5.26 Å². The average molecular weight is 394 g/mol. The number of rotatable bonds is 4. The molecule has 0 saturated carbocycles. The number of hydrogen-bond acceptors (Lipinski definition) is 5. The lowest BCUT2D eigenvalue weighted by Crippen LogP contribution is -1.97. The minimum absolute atomic E-state index is 0.0441. The van der Waals surface area contributed by atoms with Crippen molar-refractivity contribution in [1.82, 2.24) is 0 Å². The number of nitrogens with zero attached hydrogens (tertiary/aromatic N) is 2. The van der Waals surface area contributed by atoms with Gasteiger partial charge in [-0.25, -0.2) is 0 Å². The summed E-state index contributed by atoms with van der Waals surface area (Å²) in [6, 6.07) is 10.8. The normalized spacial score (nSPS) is 9.71. The van der Waals surface area contributed by atoms with Crippen molar-refractivity contribution >= 4 is 34.6 Å². The highest BCUT2D eigenvalue weighted by molar-refractivity contribution is 14.1. The number of carbonyl (C=O) groups is 1. The van der Waals surface area contributed by atoms with Crippen molar-refractivity contribution in [3.63, 3.8) is 0 Å². The fourth-order valence-electron chi connectivity index (χ4n) is 1.65. The first-order chi connectivity index (χ1) is 10.0. The molecule has 6 nitrogen and oxygen atoms in total. The summed E-state index contributed by atoms with van der Waals surface area (Å²) >= 11 is 1.86. The van der Waals surface area contributed by atoms with Crippen molar-refractivity contribution in [3.8, 4) is 17.6 Å². The molecule has 0 N–H and O–H groups in total. The van der Waals surface area contributed by atoms with Gasteiger partial charge in [0.2, 0.25) is 5.75 Å². The third kappa shape index (κ3) is 3.35. The van der Waals surface area contributed by atoms with Gasteiger partial charge in [0.05, 0.1) is 20.1 Å². The number of ether oxygens (including phenoxy) is 1. The van der Waals surface area contributed by atoms with Gasteiger partial charge >= 0.3 is 5.69 Å². The Morgan fingerprint density at radius 1 is 1.33 bits per heavy atom. The predicted molar refractivity (Wildman–Crippen MR) is 82.4 cm³/mol. The van der Waals surface area contributed by atoms with E-state index in [1.165, 1.54) is 12.1 Å². The Balaban J connectivity index is 2.50. The number of aldehydes is 1. The fourth-order valence-corrected chi connectivity index (χ4v) is 2.37. The molecule has 0 aliphatic heterocycles. The van der Waals surface area contributed by atoms with E-state index in [1.807, 2.05) is 28.7 Å². The van der Waals surface area contributed by atoms with E-state index in [0.29, 0.717) is 21.2 Å². The number of nitriles is 1. The van der Waals surface area contributed by atoms with Crippen LogP contribution in [0.4, 0.5) is 5.69 Å². The van der Waals surface area contributed by atoms with E-state index in [1.54, 1.807) is 18.2 Å². The van der Waals surface area contributed by atoms with Crippen molar-refractivity contribution in [2.75, 3.05) is 0 Å². The SMILES string of the molecule is N#Cc1cc(I)c(Oc2cccc(C=O)c2)c([N+](=O)[O-])c1. The molecule has 0 spiro atoms. The van der Waals surface area contributed by atoms with E-state index in [9.17, 15) is 14.9 Å². The lowest BCUT2D eigenvalue weighted by atomic mass is 10.2. The molecule has 0 fully saturated rings. The molecule has 104 valence electrons. The monoisotopic (exact) mass is 394 g/mol. The second-order valence-corrected chi connectivity index (χ2v) is 5.13. The average Bonchev–Trinajstić information content (AvgIpc) is 2.49. The molecule has 0 atom stereocenters. The molecule has 0 radical (unpaired) electrons. The number of nitro groups is 1. The Morgan fingerprint density at radius 2 is 2.10 bits per heavy atom. The summed E-state index contributed by atoms with van der Waals surface area (Å²) in [5.74, 6) is 0.355. The first kappa shape index (κ1) is 14.9. The molecule has 0 bridgehead atoms. The van der Waals surface area contributed by atoms with Crippen LogP contribution in [0.15, 0.2) is 36.4 Å². The Labute approximate surface area is 133 Å². The Bertz CT molecular complexity index is 768. The van der Waals surface area contributed by atoms with Gasteiger partial charge < -0.3 is 4.74 Å². The highest BCUT2D eigenvalue weighted by Crippen LogP contribution is 2.36. The first-order valence-electron chi connectivity index (χ1n) is 5.66. The van der Waals surface area contributed by atoms with E-state index in [0.717, 1.165) is 6.07 Å². The van der Waals surface area contributed by atoms with Crippen LogP contribution in [0, 0.1) is 25.0 Å². The van der Waals surface area contributed by atoms with Gasteiger partial charge in [0.25, 0.3) is 0 Å². The molecule has 2 rings (SSSR count). The van der Waals surface area contributed by atoms with Crippen molar-refractivity contribution in [1.29, 1.82) is 5.26 Å². The number of carbonyl (C=O) groups excluding carboxylic acids is 1. The summed E-state index contributed by atoms with van der Waals surface area (Å²) in [5.41, 5.74) is 0.286. The lowest BCUT2D eigenvalue weighted by Gasteiger charge is -2.09. The summed E-state index contributed by atoms with van der Waals surface area (Å²) in [5, 5.41) is 20.0. The van der Waals surface area contributed by atoms with Crippen LogP contribution in [0.25, 0.3) is 0 Å². The van der Waals surface area contributed by atoms with Gasteiger partial charge in [-0.15, -0.1) is 0 Å². The topological polar surface area (TPSA) is 93.2 Å². The first-order valence-corrected chi connectivity index (χ1v) is 6.74. The van der Waals surface area contributed by atoms with E-state index in [-0.39, 0.29) is 17.0 Å². The van der Waals surface area contributed by atoms with Gasteiger partial charge in [-0.1, -0.05) is 12.1 Å². The Morgan fingerprint density at radius 3 is 2.71 bits per heavy atom. The summed E-state index contributed by atoms with van der Waals surface area (Å²) in [4.78, 5) is 21.2. The summed E-state index contributed by atoms with van der Waals surface area (Å²) in [6.45, 7) is 0. The van der Waals surface area contributed by atoms with Crippen LogP contribution >= 0.6 is 22.6 Å². The zero-order chi connectivity index (χ0) is 15.4. The lowest BCUT2D eigenvalue weighted by molar-refractivity contribution is -0.385. The minimum atomic E-state index is -0.609. The standard InChI is InChI=1S/C14H7IN2O4/c15-12-5-10(7-16)6-13(17(19)20)14(12)21-11-3-1-2-9(4-11)8-18/h1-6,8H. The molecule has 0 saturated heterocycles. The van der Waals surface area contributed by atoms with Crippen LogP contribution in [-0.2, 0) is 0 Å². The maximum atomic E-state index is 11.1. The molecule has 2 aromatic rings. The Hall–Kier alpha value is -2.47. The third-order valence-corrected chi connectivity index (χ3v) is 3.37. The summed E-state index contributed by atoms with van der Waals surface area (Å²) in [6.07, 6.45) is 0.658. The van der Waals surface area contributed by atoms with Crippen LogP contribution < -0.4 is 4.74 Å². The predicted octanol–water partition coefficient (Wildman–Crippen LogP) is 3.68. The molecule has 0 aliphatic rings. The second kappa shape index (κ2) is 6.32. The van der Waals surface area contributed by atoms with Gasteiger partial charge in [-0.05, 0) is 40.8 Å². The van der Waals surface area contributed by atoms with Crippen LogP contribution in [0.2, 0.25) is 0 Å². The van der Waals surface area contributed by atoms with Crippen LogP contribution in [0.5, 0.6) is 11.5 Å². The van der Waals surface area contributed by atoms with E-state index < -0.39 is 4.92 Å². The summed E-state index contributed by atoms with van der Waals surface area (Å²) in [7, 11) is 0. The maximum absolute atomic E-state index is 11.1. The van der Waals surface area contributed by atoms with Crippen molar-refractivity contribution in [2.45, 2.75) is 0 Å². The fraction of sp³-hybridized carbons (Fsp3) is 0. The van der Waals surface area contributed by atoms with Crippen molar-refractivity contribution in [2.24, 2.45) is 0 Å². The highest BCUT2D eigenvalue weighted by Gasteiger charge is 2.21. The van der Waals surface area contributed by atoms with Crippen LogP contribution in [0.1, 0.15) is 15.9 Å². The Kier molecular flexibility index (Phi) is 4.49. The van der Waals surface area contributed by atoms with E-state index in [4.69, 9.17) is 10.00 Å². The molecule has 21 heavy (non-hydrogen) atoms. The van der Waals surface area contributed by atoms with Crippen molar-refractivity contribution < 1.29 is 14.5 Å². The van der Waals surface area contributed by atoms with Gasteiger partial charge in [0.15, 0.2) is 0 Å². The molecule has 0 aliphatic carbocycles. The van der Waals surface area contributed by atoms with Gasteiger partial charge in [0.1, 0.15) is 12.0 Å². The molecule has 7 heteroatoms. The molecule has 0 aromatic heterocycles. The smallest absolute Gasteiger partial charge is 0.314 e. The second-order valence-electron chi connectivity index (χ2n) is 3.97. The highest BCUT2D eigenvalue weighted by atomic mass is 127. The number of halogens is 1. The molecule has 0 heterocycles. The molecular formula is C14H7IN2O4. The maximum Gasteiger partial charge on any atom is 0.314 e. The third-order valence-electron chi connectivity index (χ3n) is 2.56. The van der Waals surface area contributed by atoms with E-state index in [2.05, 4.69) is 0 Å². The number of benzene rings is 2. The molecule has 2 aromatic carbocycles. The molecular weight excluding hydrogens is 387 g/mol. The largest absolute Gasteiger partial charge is 0.449 e. The number of hydrogen-bond donors (Lipinski definition) is 0. The van der Waals surface area contributed by atoms with Crippen LogP contribution in [0.3, 0.4) is 0 Å². The van der Waals surface area contributed by atoms with E-state index >= 15 is 0 Å². The number of nitro benzene ring substituents is 1. The zero-order valence-electron chi connectivity index (χ0n) is 10.4. The summed E-state index contributed by atoms with van der Waals surface area (Å²) < 4.78 is 5.97. The molecule has 0 unspecified atom stereocenters. The van der Waals surface area contributed by atoms with Crippen LogP contribution in [-0.4, -0.2) is 11.2 Å². The zero-order valence-corrected chi connectivity index (χ0v) is 12.6. The van der Waals surface area contributed by atoms with Crippen molar-refractivity contribution in [3.05, 3.63) is 61.2 Å². The quantitative estimate of drug-likeness (QED) is 0.341. The van der Waals surface area contributed by atoms with Gasteiger partial charge in [0, 0.05) is 11.6 Å².